The lowest BCUT2D eigenvalue weighted by atomic mass is 10.1. The monoisotopic (exact) mass is 454 g/mol. The lowest BCUT2D eigenvalue weighted by Crippen LogP contribution is -2.48. The van der Waals surface area contributed by atoms with Crippen molar-refractivity contribution in [1.29, 1.82) is 0 Å². The summed E-state index contributed by atoms with van der Waals surface area (Å²) in [5.74, 6) is 0.574. The van der Waals surface area contributed by atoms with Crippen molar-refractivity contribution in [2.45, 2.75) is 26.2 Å². The molecular weight excluding hydrogens is 424 g/mol. The first kappa shape index (κ1) is 22.5. The highest BCUT2D eigenvalue weighted by molar-refractivity contribution is 7.11. The van der Waals surface area contributed by atoms with E-state index < -0.39 is 0 Å². The van der Waals surface area contributed by atoms with Crippen molar-refractivity contribution in [3.05, 3.63) is 52.5 Å². The van der Waals surface area contributed by atoms with Crippen molar-refractivity contribution in [3.63, 3.8) is 0 Å². The van der Waals surface area contributed by atoms with E-state index in [0.29, 0.717) is 43.9 Å². The van der Waals surface area contributed by atoms with E-state index in [9.17, 15) is 9.59 Å². The van der Waals surface area contributed by atoms with Gasteiger partial charge in [-0.3, -0.25) is 14.5 Å². The van der Waals surface area contributed by atoms with Crippen LogP contribution in [0.4, 0.5) is 5.82 Å². The molecule has 0 saturated carbocycles. The number of anilines is 1. The van der Waals surface area contributed by atoms with Crippen LogP contribution in [0.25, 0.3) is 5.57 Å². The molecular formula is C24H30N4O3S. The minimum Gasteiger partial charge on any atom is -0.381 e. The lowest BCUT2D eigenvalue weighted by molar-refractivity contribution is -0.137. The quantitative estimate of drug-likeness (QED) is 0.406. The summed E-state index contributed by atoms with van der Waals surface area (Å²) in [6.45, 7) is 6.65. The normalized spacial score (nSPS) is 17.1. The number of carbonyl (C=O) groups is 2. The molecule has 2 aromatic heterocycles. The lowest BCUT2D eigenvalue weighted by Gasteiger charge is -2.37. The van der Waals surface area contributed by atoms with Gasteiger partial charge in [-0.15, -0.1) is 11.3 Å². The molecule has 1 fully saturated rings. The maximum Gasteiger partial charge on any atom is 0.277 e. The SMILES string of the molecule is CCCCOCCCN1C(=O)C(c2cccs2)=C(N2CCN(c3ccccn3)CC2)C1=O. The molecule has 0 unspecified atom stereocenters. The fourth-order valence-electron chi connectivity index (χ4n) is 4.08. The summed E-state index contributed by atoms with van der Waals surface area (Å²) in [5, 5.41) is 1.95. The van der Waals surface area contributed by atoms with E-state index in [1.54, 1.807) is 6.20 Å². The average molecular weight is 455 g/mol. The van der Waals surface area contributed by atoms with Crippen LogP contribution >= 0.6 is 11.3 Å². The van der Waals surface area contributed by atoms with Gasteiger partial charge in [0.15, 0.2) is 0 Å². The Kier molecular flexibility index (Phi) is 7.55. The molecule has 0 radical (unpaired) electrons. The van der Waals surface area contributed by atoms with Crippen molar-refractivity contribution in [3.8, 4) is 0 Å². The molecule has 2 aliphatic heterocycles. The van der Waals surface area contributed by atoms with Gasteiger partial charge in [-0.05, 0) is 36.4 Å². The Balaban J connectivity index is 1.46. The van der Waals surface area contributed by atoms with Crippen molar-refractivity contribution >= 4 is 34.5 Å². The van der Waals surface area contributed by atoms with Gasteiger partial charge in [0.2, 0.25) is 0 Å². The number of imide groups is 1. The highest BCUT2D eigenvalue weighted by atomic mass is 32.1. The van der Waals surface area contributed by atoms with E-state index >= 15 is 0 Å². The second kappa shape index (κ2) is 10.7. The number of carbonyl (C=O) groups excluding carboxylic acids is 2. The predicted molar refractivity (Wildman–Crippen MR) is 126 cm³/mol. The Morgan fingerprint density at radius 1 is 0.969 bits per heavy atom. The second-order valence-corrected chi connectivity index (χ2v) is 8.89. The minimum absolute atomic E-state index is 0.182. The molecule has 1 saturated heterocycles. The number of amides is 2. The van der Waals surface area contributed by atoms with Crippen LogP contribution in [0.2, 0.25) is 0 Å². The zero-order valence-corrected chi connectivity index (χ0v) is 19.4. The maximum absolute atomic E-state index is 13.4. The van der Waals surface area contributed by atoms with E-state index in [4.69, 9.17) is 4.74 Å². The number of hydrogen-bond acceptors (Lipinski definition) is 7. The molecule has 0 atom stereocenters. The number of piperazine rings is 1. The van der Waals surface area contributed by atoms with E-state index in [0.717, 1.165) is 43.2 Å². The van der Waals surface area contributed by atoms with Gasteiger partial charge in [-0.1, -0.05) is 25.5 Å². The first-order chi connectivity index (χ1) is 15.7. The summed E-state index contributed by atoms with van der Waals surface area (Å²) in [6.07, 6.45) is 4.57. The molecule has 7 nitrogen and oxygen atoms in total. The third kappa shape index (κ3) is 4.86. The van der Waals surface area contributed by atoms with Crippen LogP contribution < -0.4 is 4.90 Å². The van der Waals surface area contributed by atoms with Gasteiger partial charge in [-0.2, -0.15) is 0 Å². The summed E-state index contributed by atoms with van der Waals surface area (Å²) >= 11 is 1.50. The molecule has 0 spiro atoms. The van der Waals surface area contributed by atoms with Crippen LogP contribution in [0.15, 0.2) is 47.6 Å². The van der Waals surface area contributed by atoms with Crippen molar-refractivity contribution in [2.75, 3.05) is 50.8 Å². The topological polar surface area (TPSA) is 66.0 Å². The molecule has 170 valence electrons. The van der Waals surface area contributed by atoms with E-state index in [1.165, 1.54) is 16.2 Å². The number of nitrogens with zero attached hydrogens (tertiary/aromatic N) is 4. The fourth-order valence-corrected chi connectivity index (χ4v) is 4.84. The minimum atomic E-state index is -0.187. The van der Waals surface area contributed by atoms with Crippen LogP contribution in [-0.4, -0.2) is 72.5 Å². The molecule has 2 amide bonds. The van der Waals surface area contributed by atoms with E-state index in [1.807, 2.05) is 35.7 Å². The van der Waals surface area contributed by atoms with Crippen molar-refractivity contribution in [2.24, 2.45) is 0 Å². The number of aromatic nitrogens is 1. The van der Waals surface area contributed by atoms with Gasteiger partial charge in [0, 0.05) is 57.0 Å². The largest absolute Gasteiger partial charge is 0.381 e. The second-order valence-electron chi connectivity index (χ2n) is 7.94. The maximum atomic E-state index is 13.4. The molecule has 8 heteroatoms. The molecule has 4 rings (SSSR count). The molecule has 0 aromatic carbocycles. The summed E-state index contributed by atoms with van der Waals surface area (Å²) in [7, 11) is 0. The first-order valence-electron chi connectivity index (χ1n) is 11.3. The molecule has 32 heavy (non-hydrogen) atoms. The average Bonchev–Trinajstić information content (AvgIpc) is 3.44. The standard InChI is InChI=1S/C24H30N4O3S/c1-2-3-16-31-17-7-11-28-23(29)21(19-8-6-18-32-19)22(24(28)30)27-14-12-26(13-15-27)20-9-4-5-10-25-20/h4-6,8-10,18H,2-3,7,11-17H2,1H3. The number of thiophene rings is 1. The van der Waals surface area contributed by atoms with Gasteiger partial charge in [-0.25, -0.2) is 4.98 Å². The van der Waals surface area contributed by atoms with Gasteiger partial charge in [0.1, 0.15) is 11.5 Å². The fraction of sp³-hybridized carbons (Fsp3) is 0.458. The van der Waals surface area contributed by atoms with Gasteiger partial charge in [0.25, 0.3) is 11.8 Å². The number of rotatable bonds is 10. The zero-order chi connectivity index (χ0) is 22.3. The number of ether oxygens (including phenoxy) is 1. The predicted octanol–water partition coefficient (Wildman–Crippen LogP) is 3.25. The van der Waals surface area contributed by atoms with Gasteiger partial charge >= 0.3 is 0 Å². The summed E-state index contributed by atoms with van der Waals surface area (Å²) < 4.78 is 5.62. The Morgan fingerprint density at radius 2 is 1.75 bits per heavy atom. The third-order valence-electron chi connectivity index (χ3n) is 5.79. The Labute approximate surface area is 193 Å². The van der Waals surface area contributed by atoms with Crippen molar-refractivity contribution < 1.29 is 14.3 Å². The van der Waals surface area contributed by atoms with Gasteiger partial charge in [0.05, 0.1) is 5.57 Å². The number of pyridine rings is 1. The van der Waals surface area contributed by atoms with Crippen LogP contribution in [0.5, 0.6) is 0 Å². The summed E-state index contributed by atoms with van der Waals surface area (Å²) in [5.41, 5.74) is 1.09. The molecule has 0 N–H and O–H groups in total. The Hall–Kier alpha value is -2.71. The summed E-state index contributed by atoms with van der Waals surface area (Å²) in [6, 6.07) is 9.73. The smallest absolute Gasteiger partial charge is 0.277 e. The van der Waals surface area contributed by atoms with Crippen molar-refractivity contribution in [1.82, 2.24) is 14.8 Å². The summed E-state index contributed by atoms with van der Waals surface area (Å²) in [4.78, 5) is 37.7. The first-order valence-corrected chi connectivity index (χ1v) is 12.2. The van der Waals surface area contributed by atoms with Crippen LogP contribution in [0.3, 0.4) is 0 Å². The van der Waals surface area contributed by atoms with Crippen LogP contribution in [0, 0.1) is 0 Å². The van der Waals surface area contributed by atoms with Crippen LogP contribution in [0.1, 0.15) is 31.1 Å². The van der Waals surface area contributed by atoms with E-state index in [-0.39, 0.29) is 11.8 Å². The molecule has 0 aliphatic carbocycles. The number of hydrogen-bond donors (Lipinski definition) is 0. The zero-order valence-electron chi connectivity index (χ0n) is 18.5. The number of unbranched alkanes of at least 4 members (excludes halogenated alkanes) is 1. The molecule has 4 heterocycles. The van der Waals surface area contributed by atoms with Crippen LogP contribution in [-0.2, 0) is 14.3 Å². The molecule has 2 aromatic rings. The van der Waals surface area contributed by atoms with E-state index in [2.05, 4.69) is 21.7 Å². The highest BCUT2D eigenvalue weighted by Gasteiger charge is 2.42. The Morgan fingerprint density at radius 3 is 2.44 bits per heavy atom. The Bertz CT molecular complexity index is 937. The molecule has 2 aliphatic rings. The highest BCUT2D eigenvalue weighted by Crippen LogP contribution is 2.34. The molecule has 0 bridgehead atoms. The van der Waals surface area contributed by atoms with Gasteiger partial charge < -0.3 is 14.5 Å². The third-order valence-corrected chi connectivity index (χ3v) is 6.68.